The Kier molecular flexibility index (Phi) is 4.13. The van der Waals surface area contributed by atoms with Gasteiger partial charge in [-0.05, 0) is 31.5 Å². The van der Waals surface area contributed by atoms with Gasteiger partial charge in [-0.3, -0.25) is 0 Å². The van der Waals surface area contributed by atoms with Crippen LogP contribution in [0.25, 0.3) is 0 Å². The van der Waals surface area contributed by atoms with E-state index in [9.17, 15) is 0 Å². The fourth-order valence-electron chi connectivity index (χ4n) is 1.51. The summed E-state index contributed by atoms with van der Waals surface area (Å²) in [6, 6.07) is 3.88. The van der Waals surface area contributed by atoms with E-state index < -0.39 is 0 Å². The maximum atomic E-state index is 5.22. The second kappa shape index (κ2) is 6.07. The van der Waals surface area contributed by atoms with Crippen molar-refractivity contribution in [3.05, 3.63) is 36.8 Å². The van der Waals surface area contributed by atoms with Crippen LogP contribution in [-0.2, 0) is 13.1 Å². The van der Waals surface area contributed by atoms with Crippen LogP contribution in [0.15, 0.2) is 35.5 Å². The van der Waals surface area contributed by atoms with Crippen LogP contribution in [0.5, 0.6) is 0 Å². The summed E-state index contributed by atoms with van der Waals surface area (Å²) in [5.74, 6) is 0.985. The molecule has 0 unspecified atom stereocenters. The van der Waals surface area contributed by atoms with E-state index in [-0.39, 0.29) is 0 Å². The van der Waals surface area contributed by atoms with Crippen molar-refractivity contribution in [1.29, 1.82) is 0 Å². The molecule has 16 heavy (non-hydrogen) atoms. The Morgan fingerprint density at radius 3 is 2.88 bits per heavy atom. The highest BCUT2D eigenvalue weighted by molar-refractivity contribution is 4.97. The Balaban J connectivity index is 1.49. The third-order valence-corrected chi connectivity index (χ3v) is 2.37. The van der Waals surface area contributed by atoms with Crippen molar-refractivity contribution in [3.63, 3.8) is 0 Å². The topological polar surface area (TPSA) is 55.9 Å². The summed E-state index contributed by atoms with van der Waals surface area (Å²) in [6.45, 7) is 2.79. The Labute approximate surface area is 94.5 Å². The second-order valence-corrected chi connectivity index (χ2v) is 3.66. The number of hydrogen-bond acceptors (Lipinski definition) is 4. The highest BCUT2D eigenvalue weighted by Crippen LogP contribution is 1.99. The molecule has 5 heteroatoms. The van der Waals surface area contributed by atoms with Crippen molar-refractivity contribution in [2.75, 3.05) is 6.54 Å². The lowest BCUT2D eigenvalue weighted by molar-refractivity contribution is 0.475. The zero-order chi connectivity index (χ0) is 11.1. The number of nitrogens with zero attached hydrogens (tertiary/aromatic N) is 3. The van der Waals surface area contributed by atoms with Crippen LogP contribution in [-0.4, -0.2) is 21.3 Å². The lowest BCUT2D eigenvalue weighted by Gasteiger charge is -2.03. The molecule has 2 aromatic rings. The van der Waals surface area contributed by atoms with Gasteiger partial charge in [0, 0.05) is 6.54 Å². The molecule has 5 nitrogen and oxygen atoms in total. The molecular weight excluding hydrogens is 204 g/mol. The summed E-state index contributed by atoms with van der Waals surface area (Å²) in [6.07, 6.45) is 7.46. The van der Waals surface area contributed by atoms with Gasteiger partial charge < -0.3 is 14.3 Å². The van der Waals surface area contributed by atoms with Crippen LogP contribution in [0.4, 0.5) is 0 Å². The molecule has 2 heterocycles. The predicted molar refractivity (Wildman–Crippen MR) is 59.7 cm³/mol. The molecule has 0 spiro atoms. The maximum Gasteiger partial charge on any atom is 0.119 e. The average Bonchev–Trinajstić information content (AvgIpc) is 2.96. The van der Waals surface area contributed by atoms with Gasteiger partial charge in [-0.25, -0.2) is 0 Å². The third kappa shape index (κ3) is 3.51. The summed E-state index contributed by atoms with van der Waals surface area (Å²) in [7, 11) is 0. The van der Waals surface area contributed by atoms with Crippen LogP contribution in [0.2, 0.25) is 0 Å². The summed E-state index contributed by atoms with van der Waals surface area (Å²) in [5, 5.41) is 10.8. The first-order valence-electron chi connectivity index (χ1n) is 5.50. The molecule has 2 rings (SSSR count). The monoisotopic (exact) mass is 220 g/mol. The van der Waals surface area contributed by atoms with Crippen molar-refractivity contribution in [3.8, 4) is 0 Å². The number of nitrogens with one attached hydrogen (secondary N) is 1. The molecule has 0 aliphatic heterocycles. The zero-order valence-corrected chi connectivity index (χ0v) is 9.17. The molecule has 86 valence electrons. The van der Waals surface area contributed by atoms with E-state index in [1.807, 2.05) is 16.7 Å². The quantitative estimate of drug-likeness (QED) is 0.717. The fourth-order valence-corrected chi connectivity index (χ4v) is 1.51. The molecule has 0 saturated carbocycles. The molecule has 1 N–H and O–H groups in total. The largest absolute Gasteiger partial charge is 0.468 e. The van der Waals surface area contributed by atoms with Crippen molar-refractivity contribution >= 4 is 0 Å². The lowest BCUT2D eigenvalue weighted by atomic mass is 10.3. The fraction of sp³-hybridized carbons (Fsp3) is 0.455. The number of unbranched alkanes of at least 4 members (excludes halogenated alkanes) is 1. The summed E-state index contributed by atoms with van der Waals surface area (Å²) in [4.78, 5) is 0. The first-order valence-corrected chi connectivity index (χ1v) is 5.50. The van der Waals surface area contributed by atoms with E-state index in [4.69, 9.17) is 4.42 Å². The van der Waals surface area contributed by atoms with E-state index >= 15 is 0 Å². The van der Waals surface area contributed by atoms with Gasteiger partial charge in [0.05, 0.1) is 12.8 Å². The highest BCUT2D eigenvalue weighted by Gasteiger charge is 1.95. The smallest absolute Gasteiger partial charge is 0.119 e. The van der Waals surface area contributed by atoms with Crippen molar-refractivity contribution < 1.29 is 4.42 Å². The van der Waals surface area contributed by atoms with E-state index in [2.05, 4.69) is 15.5 Å². The Morgan fingerprint density at radius 2 is 2.12 bits per heavy atom. The van der Waals surface area contributed by atoms with Gasteiger partial charge in [-0.15, -0.1) is 10.2 Å². The Morgan fingerprint density at radius 1 is 1.25 bits per heavy atom. The Hall–Kier alpha value is -1.62. The first-order chi connectivity index (χ1) is 7.95. The van der Waals surface area contributed by atoms with Crippen LogP contribution < -0.4 is 5.32 Å². The van der Waals surface area contributed by atoms with Crippen LogP contribution in [0.3, 0.4) is 0 Å². The number of aromatic nitrogens is 3. The number of hydrogen-bond donors (Lipinski definition) is 1. The Bertz CT molecular complexity index is 330. The average molecular weight is 220 g/mol. The van der Waals surface area contributed by atoms with Gasteiger partial charge in [0.1, 0.15) is 18.4 Å². The first kappa shape index (κ1) is 10.9. The minimum absolute atomic E-state index is 0.805. The molecule has 0 saturated heterocycles. The van der Waals surface area contributed by atoms with Crippen molar-refractivity contribution in [1.82, 2.24) is 20.1 Å². The van der Waals surface area contributed by atoms with Gasteiger partial charge in [0.15, 0.2) is 0 Å². The summed E-state index contributed by atoms with van der Waals surface area (Å²) < 4.78 is 7.21. The van der Waals surface area contributed by atoms with Crippen LogP contribution >= 0.6 is 0 Å². The minimum Gasteiger partial charge on any atom is -0.468 e. The van der Waals surface area contributed by atoms with E-state index in [1.54, 1.807) is 18.9 Å². The van der Waals surface area contributed by atoms with E-state index in [1.165, 1.54) is 0 Å². The molecule has 0 radical (unpaired) electrons. The maximum absolute atomic E-state index is 5.22. The molecule has 0 aliphatic rings. The minimum atomic E-state index is 0.805. The molecule has 0 bridgehead atoms. The summed E-state index contributed by atoms with van der Waals surface area (Å²) in [5.41, 5.74) is 0. The van der Waals surface area contributed by atoms with Gasteiger partial charge in [0.25, 0.3) is 0 Å². The molecule has 0 atom stereocenters. The van der Waals surface area contributed by atoms with Gasteiger partial charge in [-0.1, -0.05) is 0 Å². The van der Waals surface area contributed by atoms with Crippen LogP contribution in [0.1, 0.15) is 18.6 Å². The standard InChI is InChI=1S/C11H16N4O/c1(2-6-15-9-13-14-10-15)5-12-8-11-4-3-7-16-11/h3-4,7,9-10,12H,1-2,5-6,8H2. The predicted octanol–water partition coefficient (Wildman–Crippen LogP) is 1.44. The SMILES string of the molecule is c1coc(CNCCCCn2cnnc2)c1. The van der Waals surface area contributed by atoms with Crippen molar-refractivity contribution in [2.45, 2.75) is 25.9 Å². The normalized spacial score (nSPS) is 10.8. The number of aryl methyl sites for hydroxylation is 1. The molecule has 2 aromatic heterocycles. The molecule has 0 fully saturated rings. The number of rotatable bonds is 7. The van der Waals surface area contributed by atoms with Gasteiger partial charge in [-0.2, -0.15) is 0 Å². The zero-order valence-electron chi connectivity index (χ0n) is 9.17. The third-order valence-electron chi connectivity index (χ3n) is 2.37. The molecule has 0 aliphatic carbocycles. The molecule has 0 amide bonds. The van der Waals surface area contributed by atoms with Crippen molar-refractivity contribution in [2.24, 2.45) is 0 Å². The van der Waals surface area contributed by atoms with Gasteiger partial charge in [0.2, 0.25) is 0 Å². The second-order valence-electron chi connectivity index (χ2n) is 3.66. The summed E-state index contributed by atoms with van der Waals surface area (Å²) >= 11 is 0. The van der Waals surface area contributed by atoms with E-state index in [0.29, 0.717) is 0 Å². The van der Waals surface area contributed by atoms with Crippen LogP contribution in [0, 0.1) is 0 Å². The number of furan rings is 1. The van der Waals surface area contributed by atoms with E-state index in [0.717, 1.165) is 38.2 Å². The molecule has 0 aromatic carbocycles. The highest BCUT2D eigenvalue weighted by atomic mass is 16.3. The lowest BCUT2D eigenvalue weighted by Crippen LogP contribution is -2.14. The molecular formula is C11H16N4O. The van der Waals surface area contributed by atoms with Gasteiger partial charge >= 0.3 is 0 Å².